The number of hydrogen-bond acceptors (Lipinski definition) is 3. The minimum Gasteiger partial charge on any atom is -0.496 e. The van der Waals surface area contributed by atoms with Gasteiger partial charge in [-0.2, -0.15) is 0 Å². The van der Waals surface area contributed by atoms with E-state index < -0.39 is 5.97 Å². The minimum absolute atomic E-state index is 0.0675. The Bertz CT molecular complexity index is 796. The molecule has 138 valence electrons. The standard InChI is InChI=1S/C20H21Br2NO3/c1-26-18-8-7-16(22)11-17(18)19(13-4-2-6-15(21)10-13)23-9-3-5-14(12-23)20(24)25/h2,4,6-8,10-11,14,19H,3,5,9,12H2,1H3,(H,24,25). The Balaban J connectivity index is 2.08. The molecule has 1 aliphatic rings. The van der Waals surface area contributed by atoms with Crippen LogP contribution in [-0.4, -0.2) is 36.2 Å². The third-order valence-corrected chi connectivity index (χ3v) is 5.80. The molecule has 1 heterocycles. The number of aliphatic carboxylic acids is 1. The Morgan fingerprint density at radius 2 is 2.00 bits per heavy atom. The SMILES string of the molecule is COc1ccc(Br)cc1C(c1cccc(Br)c1)N1CCCC(C(=O)O)C1. The van der Waals surface area contributed by atoms with Crippen LogP contribution < -0.4 is 4.74 Å². The molecular weight excluding hydrogens is 462 g/mol. The molecule has 1 saturated heterocycles. The van der Waals surface area contributed by atoms with Crippen molar-refractivity contribution in [3.63, 3.8) is 0 Å². The van der Waals surface area contributed by atoms with Gasteiger partial charge in [0.25, 0.3) is 0 Å². The molecule has 0 bridgehead atoms. The van der Waals surface area contributed by atoms with E-state index in [-0.39, 0.29) is 12.0 Å². The summed E-state index contributed by atoms with van der Waals surface area (Å²) in [6.07, 6.45) is 1.60. The van der Waals surface area contributed by atoms with Gasteiger partial charge in [0.2, 0.25) is 0 Å². The van der Waals surface area contributed by atoms with Gasteiger partial charge >= 0.3 is 5.97 Å². The molecule has 26 heavy (non-hydrogen) atoms. The first-order chi connectivity index (χ1) is 12.5. The van der Waals surface area contributed by atoms with Crippen molar-refractivity contribution in [1.82, 2.24) is 4.90 Å². The lowest BCUT2D eigenvalue weighted by atomic mass is 9.91. The van der Waals surface area contributed by atoms with E-state index in [0.717, 1.165) is 45.2 Å². The predicted molar refractivity (Wildman–Crippen MR) is 109 cm³/mol. The topological polar surface area (TPSA) is 49.8 Å². The molecular formula is C20H21Br2NO3. The quantitative estimate of drug-likeness (QED) is 0.643. The molecule has 2 aromatic rings. The Morgan fingerprint density at radius 1 is 1.23 bits per heavy atom. The van der Waals surface area contributed by atoms with Crippen molar-refractivity contribution in [2.24, 2.45) is 5.92 Å². The molecule has 2 atom stereocenters. The first-order valence-electron chi connectivity index (χ1n) is 8.55. The van der Waals surface area contributed by atoms with Crippen LogP contribution in [0.4, 0.5) is 0 Å². The van der Waals surface area contributed by atoms with Crippen LogP contribution in [0.25, 0.3) is 0 Å². The fourth-order valence-electron chi connectivity index (χ4n) is 3.63. The minimum atomic E-state index is -0.719. The normalized spacial score (nSPS) is 19.1. The maximum Gasteiger partial charge on any atom is 0.307 e. The molecule has 0 amide bonds. The molecule has 2 unspecified atom stereocenters. The number of piperidine rings is 1. The fraction of sp³-hybridized carbons (Fsp3) is 0.350. The second-order valence-corrected chi connectivity index (χ2v) is 8.35. The van der Waals surface area contributed by atoms with Crippen molar-refractivity contribution < 1.29 is 14.6 Å². The molecule has 0 aliphatic carbocycles. The zero-order valence-electron chi connectivity index (χ0n) is 14.5. The highest BCUT2D eigenvalue weighted by molar-refractivity contribution is 9.10. The summed E-state index contributed by atoms with van der Waals surface area (Å²) < 4.78 is 7.60. The van der Waals surface area contributed by atoms with Crippen molar-refractivity contribution in [2.75, 3.05) is 20.2 Å². The zero-order chi connectivity index (χ0) is 18.7. The van der Waals surface area contributed by atoms with Crippen molar-refractivity contribution in [1.29, 1.82) is 0 Å². The second kappa shape index (κ2) is 8.55. The molecule has 4 nitrogen and oxygen atoms in total. The third kappa shape index (κ3) is 4.30. The summed E-state index contributed by atoms with van der Waals surface area (Å²) in [4.78, 5) is 13.8. The lowest BCUT2D eigenvalue weighted by Crippen LogP contribution is -2.41. The van der Waals surface area contributed by atoms with Crippen LogP contribution in [0.15, 0.2) is 51.4 Å². The Morgan fingerprint density at radius 3 is 2.69 bits per heavy atom. The van der Waals surface area contributed by atoms with Crippen LogP contribution in [0.5, 0.6) is 5.75 Å². The molecule has 0 aromatic heterocycles. The first-order valence-corrected chi connectivity index (χ1v) is 10.1. The number of methoxy groups -OCH3 is 1. The van der Waals surface area contributed by atoms with Gasteiger partial charge in [0.05, 0.1) is 19.1 Å². The smallest absolute Gasteiger partial charge is 0.307 e. The number of carboxylic acids is 1. The van der Waals surface area contributed by atoms with Crippen LogP contribution in [0.1, 0.15) is 30.0 Å². The van der Waals surface area contributed by atoms with E-state index in [1.165, 1.54) is 0 Å². The van der Waals surface area contributed by atoms with Gasteiger partial charge in [-0.15, -0.1) is 0 Å². The molecule has 1 fully saturated rings. The molecule has 0 saturated carbocycles. The molecule has 0 spiro atoms. The van der Waals surface area contributed by atoms with Crippen LogP contribution in [0, 0.1) is 5.92 Å². The number of nitrogens with zero attached hydrogens (tertiary/aromatic N) is 1. The summed E-state index contributed by atoms with van der Waals surface area (Å²) in [5.74, 6) is -0.254. The summed E-state index contributed by atoms with van der Waals surface area (Å²) in [7, 11) is 1.67. The van der Waals surface area contributed by atoms with E-state index >= 15 is 0 Å². The second-order valence-electron chi connectivity index (χ2n) is 6.52. The van der Waals surface area contributed by atoms with E-state index in [2.05, 4.69) is 55.0 Å². The predicted octanol–water partition coefficient (Wildman–Crippen LogP) is 5.11. The lowest BCUT2D eigenvalue weighted by molar-refractivity contribution is -0.143. The first kappa shape index (κ1) is 19.4. The highest BCUT2D eigenvalue weighted by Gasteiger charge is 2.32. The number of ether oxygens (including phenoxy) is 1. The van der Waals surface area contributed by atoms with Crippen LogP contribution >= 0.6 is 31.9 Å². The molecule has 3 rings (SSSR count). The Kier molecular flexibility index (Phi) is 6.37. The molecule has 2 aromatic carbocycles. The highest BCUT2D eigenvalue weighted by atomic mass is 79.9. The lowest BCUT2D eigenvalue weighted by Gasteiger charge is -2.38. The number of carboxylic acid groups (broad SMARTS) is 1. The summed E-state index contributed by atoms with van der Waals surface area (Å²) in [5.41, 5.74) is 2.15. The summed E-state index contributed by atoms with van der Waals surface area (Å²) in [5, 5.41) is 9.50. The molecule has 6 heteroatoms. The number of rotatable bonds is 5. The van der Waals surface area contributed by atoms with Crippen molar-refractivity contribution >= 4 is 37.8 Å². The van der Waals surface area contributed by atoms with Gasteiger partial charge in [-0.25, -0.2) is 0 Å². The number of hydrogen-bond donors (Lipinski definition) is 1. The van der Waals surface area contributed by atoms with Crippen LogP contribution in [0.2, 0.25) is 0 Å². The molecule has 1 aliphatic heterocycles. The maximum absolute atomic E-state index is 11.6. The average molecular weight is 483 g/mol. The monoisotopic (exact) mass is 481 g/mol. The van der Waals surface area contributed by atoms with Crippen molar-refractivity contribution in [3.8, 4) is 5.75 Å². The molecule has 0 radical (unpaired) electrons. The summed E-state index contributed by atoms with van der Waals surface area (Å²) >= 11 is 7.12. The largest absolute Gasteiger partial charge is 0.496 e. The average Bonchev–Trinajstić information content (AvgIpc) is 2.62. The highest BCUT2D eigenvalue weighted by Crippen LogP contribution is 2.39. The number of likely N-dealkylation sites (tertiary alicyclic amines) is 1. The summed E-state index contributed by atoms with van der Waals surface area (Å²) in [6, 6.07) is 14.1. The van der Waals surface area contributed by atoms with Gasteiger partial charge in [0.15, 0.2) is 0 Å². The van der Waals surface area contributed by atoms with Gasteiger partial charge in [0, 0.05) is 21.1 Å². The zero-order valence-corrected chi connectivity index (χ0v) is 17.7. The third-order valence-electron chi connectivity index (χ3n) is 4.82. The molecule has 1 N–H and O–H groups in total. The van der Waals surface area contributed by atoms with E-state index in [1.807, 2.05) is 24.3 Å². The Hall–Kier alpha value is -1.37. The van der Waals surface area contributed by atoms with E-state index in [9.17, 15) is 9.90 Å². The van der Waals surface area contributed by atoms with Gasteiger partial charge in [-0.3, -0.25) is 9.69 Å². The van der Waals surface area contributed by atoms with Gasteiger partial charge in [-0.1, -0.05) is 44.0 Å². The van der Waals surface area contributed by atoms with E-state index in [0.29, 0.717) is 6.54 Å². The van der Waals surface area contributed by atoms with E-state index in [1.54, 1.807) is 7.11 Å². The van der Waals surface area contributed by atoms with Crippen molar-refractivity contribution in [3.05, 3.63) is 62.5 Å². The van der Waals surface area contributed by atoms with Crippen LogP contribution in [-0.2, 0) is 4.79 Å². The number of halogens is 2. The summed E-state index contributed by atoms with van der Waals surface area (Å²) in [6.45, 7) is 1.39. The van der Waals surface area contributed by atoms with Gasteiger partial charge in [0.1, 0.15) is 5.75 Å². The Labute approximate surface area is 170 Å². The maximum atomic E-state index is 11.6. The number of benzene rings is 2. The van der Waals surface area contributed by atoms with Crippen molar-refractivity contribution in [2.45, 2.75) is 18.9 Å². The van der Waals surface area contributed by atoms with Gasteiger partial charge < -0.3 is 9.84 Å². The number of carbonyl (C=O) groups is 1. The van der Waals surface area contributed by atoms with Crippen LogP contribution in [0.3, 0.4) is 0 Å². The fourth-order valence-corrected chi connectivity index (χ4v) is 4.42. The van der Waals surface area contributed by atoms with Gasteiger partial charge in [-0.05, 0) is 55.3 Å². The van der Waals surface area contributed by atoms with E-state index in [4.69, 9.17) is 4.74 Å².